The second kappa shape index (κ2) is 13.6. The van der Waals surface area contributed by atoms with Gasteiger partial charge in [0.1, 0.15) is 0 Å². The minimum Gasteiger partial charge on any atom is -0.307 e. The Bertz CT molecular complexity index is 3560. The second-order valence-corrected chi connectivity index (χ2v) is 18.3. The molecule has 3 heterocycles. The van der Waals surface area contributed by atoms with E-state index in [9.17, 15) is 0 Å². The van der Waals surface area contributed by atoms with Gasteiger partial charge in [0.2, 0.25) is 5.95 Å². The Hall–Kier alpha value is -7.37. The van der Waals surface area contributed by atoms with E-state index in [0.29, 0.717) is 17.6 Å². The van der Waals surface area contributed by atoms with E-state index < -0.39 is 0 Å². The number of nitrogens with zero attached hydrogens (tertiary/aromatic N) is 5. The molecule has 0 aliphatic heterocycles. The summed E-state index contributed by atoms with van der Waals surface area (Å²) in [5.41, 5.74) is 12.7. The van der Waals surface area contributed by atoms with Crippen LogP contribution in [0.2, 0.25) is 0 Å². The van der Waals surface area contributed by atoms with Crippen molar-refractivity contribution in [3.8, 4) is 45.5 Å². The Morgan fingerprint density at radius 2 is 0.887 bits per heavy atom. The minimum atomic E-state index is 0.0379. The molecule has 0 saturated carbocycles. The van der Waals surface area contributed by atoms with Crippen LogP contribution >= 0.6 is 0 Å². The highest BCUT2D eigenvalue weighted by atomic mass is 15.2. The quantitative estimate of drug-likeness (QED) is 0.174. The maximum atomic E-state index is 5.48. The number of rotatable bonds is 5. The monoisotopic (exact) mass is 799 g/mol. The Morgan fingerprint density at radius 3 is 1.56 bits per heavy atom. The zero-order valence-corrected chi connectivity index (χ0v) is 35.4. The number of hydrogen-bond donors (Lipinski definition) is 0. The molecule has 298 valence electrons. The van der Waals surface area contributed by atoms with Crippen LogP contribution in [0.5, 0.6) is 0 Å². The van der Waals surface area contributed by atoms with E-state index in [0.717, 1.165) is 62.7 Å². The van der Waals surface area contributed by atoms with Gasteiger partial charge in [0.05, 0.1) is 22.1 Å². The van der Waals surface area contributed by atoms with Crippen LogP contribution in [0, 0.1) is 0 Å². The first kappa shape index (κ1) is 36.5. The molecule has 62 heavy (non-hydrogen) atoms. The highest BCUT2D eigenvalue weighted by Gasteiger charge is 2.38. The van der Waals surface area contributed by atoms with Gasteiger partial charge in [-0.3, -0.25) is 4.57 Å². The average molecular weight is 800 g/mol. The highest BCUT2D eigenvalue weighted by molar-refractivity contribution is 6.36. The van der Waals surface area contributed by atoms with Crippen molar-refractivity contribution < 1.29 is 0 Å². The van der Waals surface area contributed by atoms with Crippen LogP contribution < -0.4 is 0 Å². The topological polar surface area (TPSA) is 48.5 Å². The lowest BCUT2D eigenvalue weighted by Crippen LogP contribution is -2.33. The van der Waals surface area contributed by atoms with Crippen molar-refractivity contribution in [1.82, 2.24) is 24.1 Å². The maximum absolute atomic E-state index is 5.48. The van der Waals surface area contributed by atoms with Gasteiger partial charge in [0, 0.05) is 38.4 Å². The van der Waals surface area contributed by atoms with E-state index in [1.54, 1.807) is 0 Å². The molecule has 0 atom stereocenters. The molecular weight excluding hydrogens is 755 g/mol. The summed E-state index contributed by atoms with van der Waals surface area (Å²) in [5, 5.41) is 7.30. The summed E-state index contributed by atoms with van der Waals surface area (Å²) in [6.07, 6.45) is 2.29. The van der Waals surface area contributed by atoms with E-state index in [2.05, 4.69) is 195 Å². The standard InChI is InChI=1S/C57H45N5/c1-56(2)31-32-57(3,4)46-35-48-44(34-45(46)56)50-42-28-15-14-27-41(42)49-43-29-16-17-30-47(43)62(52(49)51(50)61(48)40-25-12-7-13-26-40)55-59-53(37-21-10-6-11-22-37)58-54(60-55)39-24-18-23-38(33-39)36-19-8-5-9-20-36/h5-30,33-35H,31-32H2,1-4H3. The molecule has 8 aromatic carbocycles. The van der Waals surface area contributed by atoms with Crippen LogP contribution in [0.4, 0.5) is 0 Å². The zero-order chi connectivity index (χ0) is 41.7. The third kappa shape index (κ3) is 5.51. The molecule has 12 rings (SSSR count). The predicted octanol–water partition coefficient (Wildman–Crippen LogP) is 14.6. The summed E-state index contributed by atoms with van der Waals surface area (Å²) >= 11 is 0. The van der Waals surface area contributed by atoms with Gasteiger partial charge in [-0.05, 0) is 93.1 Å². The molecule has 0 saturated heterocycles. The molecule has 3 aromatic heterocycles. The Kier molecular flexibility index (Phi) is 7.98. The van der Waals surface area contributed by atoms with Crippen molar-refractivity contribution >= 4 is 54.4 Å². The van der Waals surface area contributed by atoms with E-state index in [1.165, 1.54) is 43.6 Å². The van der Waals surface area contributed by atoms with Crippen LogP contribution in [0.25, 0.3) is 99.9 Å². The van der Waals surface area contributed by atoms with Crippen molar-refractivity contribution in [3.63, 3.8) is 0 Å². The van der Waals surface area contributed by atoms with Gasteiger partial charge in [0.25, 0.3) is 0 Å². The lowest BCUT2D eigenvalue weighted by atomic mass is 9.63. The highest BCUT2D eigenvalue weighted by Crippen LogP contribution is 2.51. The fraction of sp³-hybridized carbons (Fsp3) is 0.140. The summed E-state index contributed by atoms with van der Waals surface area (Å²) < 4.78 is 4.85. The fourth-order valence-corrected chi connectivity index (χ4v) is 10.3. The first-order valence-electron chi connectivity index (χ1n) is 21.8. The van der Waals surface area contributed by atoms with E-state index in [-0.39, 0.29) is 10.8 Å². The Balaban J connectivity index is 1.28. The number of fused-ring (bicyclic) bond motifs is 11. The lowest BCUT2D eigenvalue weighted by Gasteiger charge is -2.42. The molecule has 0 amide bonds. The SMILES string of the molecule is CC1(C)CCC(C)(C)c2cc3c(cc21)c1c2ccccc2c2c4ccccc4n(-c4nc(-c5ccccc5)nc(-c5cccc(-c6ccccc6)c5)n4)c2c1n3-c1ccccc1. The molecule has 0 N–H and O–H groups in total. The normalized spacial score (nSPS) is 14.6. The molecule has 5 nitrogen and oxygen atoms in total. The van der Waals surface area contributed by atoms with Gasteiger partial charge in [-0.2, -0.15) is 9.97 Å². The molecule has 0 radical (unpaired) electrons. The van der Waals surface area contributed by atoms with Crippen LogP contribution in [-0.2, 0) is 10.8 Å². The largest absolute Gasteiger partial charge is 0.307 e. The summed E-state index contributed by atoms with van der Waals surface area (Å²) in [4.78, 5) is 16.1. The predicted molar refractivity (Wildman–Crippen MR) is 258 cm³/mol. The fourth-order valence-electron chi connectivity index (χ4n) is 10.3. The summed E-state index contributed by atoms with van der Waals surface area (Å²) in [6.45, 7) is 9.70. The van der Waals surface area contributed by atoms with Gasteiger partial charge < -0.3 is 4.57 Å². The molecule has 0 bridgehead atoms. The van der Waals surface area contributed by atoms with Crippen molar-refractivity contribution in [2.75, 3.05) is 0 Å². The lowest BCUT2D eigenvalue weighted by molar-refractivity contribution is 0.332. The molecular formula is C57H45N5. The molecule has 1 aliphatic carbocycles. The van der Waals surface area contributed by atoms with Crippen LogP contribution in [-0.4, -0.2) is 24.1 Å². The Morgan fingerprint density at radius 1 is 0.387 bits per heavy atom. The van der Waals surface area contributed by atoms with Gasteiger partial charge in [-0.25, -0.2) is 4.98 Å². The molecule has 1 aliphatic rings. The van der Waals surface area contributed by atoms with Crippen molar-refractivity contribution in [2.45, 2.75) is 51.4 Å². The van der Waals surface area contributed by atoms with Crippen molar-refractivity contribution in [2.24, 2.45) is 0 Å². The van der Waals surface area contributed by atoms with E-state index in [1.807, 2.05) is 18.2 Å². The number of para-hydroxylation sites is 2. The van der Waals surface area contributed by atoms with Gasteiger partial charge in [0.15, 0.2) is 11.6 Å². The van der Waals surface area contributed by atoms with Gasteiger partial charge >= 0.3 is 0 Å². The summed E-state index contributed by atoms with van der Waals surface area (Å²) in [7, 11) is 0. The van der Waals surface area contributed by atoms with Crippen LogP contribution in [0.1, 0.15) is 51.7 Å². The number of hydrogen-bond acceptors (Lipinski definition) is 3. The number of benzene rings is 8. The smallest absolute Gasteiger partial charge is 0.238 e. The Labute approximate surface area is 361 Å². The third-order valence-corrected chi connectivity index (χ3v) is 13.6. The van der Waals surface area contributed by atoms with Crippen LogP contribution in [0.3, 0.4) is 0 Å². The van der Waals surface area contributed by atoms with Gasteiger partial charge in [-0.1, -0.05) is 167 Å². The maximum Gasteiger partial charge on any atom is 0.238 e. The van der Waals surface area contributed by atoms with E-state index in [4.69, 9.17) is 15.0 Å². The molecule has 0 fully saturated rings. The zero-order valence-electron chi connectivity index (χ0n) is 35.4. The summed E-state index contributed by atoms with van der Waals surface area (Å²) in [6, 6.07) is 63.1. The first-order chi connectivity index (χ1) is 30.2. The first-order valence-corrected chi connectivity index (χ1v) is 21.8. The van der Waals surface area contributed by atoms with E-state index >= 15 is 0 Å². The second-order valence-electron chi connectivity index (χ2n) is 18.3. The van der Waals surface area contributed by atoms with Crippen molar-refractivity contribution in [1.29, 1.82) is 0 Å². The van der Waals surface area contributed by atoms with Crippen molar-refractivity contribution in [3.05, 3.63) is 187 Å². The molecule has 0 unspecified atom stereocenters. The average Bonchev–Trinajstić information content (AvgIpc) is 3.85. The third-order valence-electron chi connectivity index (χ3n) is 13.6. The summed E-state index contributed by atoms with van der Waals surface area (Å²) in [5.74, 6) is 1.82. The minimum absolute atomic E-state index is 0.0379. The molecule has 5 heteroatoms. The number of aromatic nitrogens is 5. The van der Waals surface area contributed by atoms with Crippen LogP contribution in [0.15, 0.2) is 176 Å². The molecule has 0 spiro atoms. The molecule has 11 aromatic rings. The van der Waals surface area contributed by atoms with Gasteiger partial charge in [-0.15, -0.1) is 0 Å².